The molecule has 26 heavy (non-hydrogen) atoms. The third-order valence-corrected chi connectivity index (χ3v) is 5.92. The monoisotopic (exact) mass is 374 g/mol. The van der Waals surface area contributed by atoms with E-state index in [9.17, 15) is 13.2 Å². The number of aryl methyl sites for hydroxylation is 1. The fraction of sp³-hybridized carbons (Fsp3) is 0.316. The predicted molar refractivity (Wildman–Crippen MR) is 98.5 cm³/mol. The highest BCUT2D eigenvalue weighted by molar-refractivity contribution is 7.89. The molecule has 0 saturated heterocycles. The van der Waals surface area contributed by atoms with Crippen LogP contribution in [0.1, 0.15) is 16.7 Å². The number of rotatable bonds is 5. The number of carbonyl (C=O) groups excluding carboxylic acids is 1. The van der Waals surface area contributed by atoms with Gasteiger partial charge in [0.15, 0.2) is 6.61 Å². The van der Waals surface area contributed by atoms with Crippen molar-refractivity contribution in [3.05, 3.63) is 59.2 Å². The minimum Gasteiger partial charge on any atom is -0.484 e. The molecule has 1 heterocycles. The summed E-state index contributed by atoms with van der Waals surface area (Å²) in [4.78, 5) is 14.4. The van der Waals surface area contributed by atoms with Crippen molar-refractivity contribution in [2.24, 2.45) is 0 Å². The lowest BCUT2D eigenvalue weighted by molar-refractivity contribution is -0.134. The SMILES string of the molecule is CNS(=O)(=O)c1ccc2c(c1)CN(C(=O)COc1ccc(C)cc1)CC2. The van der Waals surface area contributed by atoms with E-state index in [1.54, 1.807) is 17.0 Å². The van der Waals surface area contributed by atoms with Crippen LogP contribution in [0.5, 0.6) is 5.75 Å². The molecular weight excluding hydrogens is 352 g/mol. The molecule has 0 aromatic heterocycles. The molecular formula is C19H22N2O4S. The number of carbonyl (C=O) groups is 1. The molecule has 0 unspecified atom stereocenters. The number of nitrogens with zero attached hydrogens (tertiary/aromatic N) is 1. The van der Waals surface area contributed by atoms with Gasteiger partial charge in [-0.15, -0.1) is 0 Å². The Bertz CT molecular complexity index is 908. The zero-order valence-corrected chi connectivity index (χ0v) is 15.7. The van der Waals surface area contributed by atoms with Crippen LogP contribution in [0.3, 0.4) is 0 Å². The maximum Gasteiger partial charge on any atom is 0.260 e. The van der Waals surface area contributed by atoms with Crippen LogP contribution in [-0.2, 0) is 27.8 Å². The van der Waals surface area contributed by atoms with E-state index < -0.39 is 10.0 Å². The summed E-state index contributed by atoms with van der Waals surface area (Å²) in [7, 11) is -2.12. The number of hydrogen-bond acceptors (Lipinski definition) is 4. The van der Waals surface area contributed by atoms with Gasteiger partial charge >= 0.3 is 0 Å². The number of ether oxygens (including phenoxy) is 1. The summed E-state index contributed by atoms with van der Waals surface area (Å²) in [5.74, 6) is 0.543. The van der Waals surface area contributed by atoms with Crippen molar-refractivity contribution in [1.82, 2.24) is 9.62 Å². The largest absolute Gasteiger partial charge is 0.484 e. The van der Waals surface area contributed by atoms with Gasteiger partial charge < -0.3 is 9.64 Å². The van der Waals surface area contributed by atoms with Crippen LogP contribution in [0.25, 0.3) is 0 Å². The summed E-state index contributed by atoms with van der Waals surface area (Å²) in [5.41, 5.74) is 3.06. The highest BCUT2D eigenvalue weighted by atomic mass is 32.2. The van der Waals surface area contributed by atoms with Crippen LogP contribution in [-0.4, -0.2) is 39.4 Å². The van der Waals surface area contributed by atoms with Crippen molar-refractivity contribution in [2.75, 3.05) is 20.2 Å². The summed E-state index contributed by atoms with van der Waals surface area (Å²) in [6, 6.07) is 12.6. The topological polar surface area (TPSA) is 75.7 Å². The van der Waals surface area contributed by atoms with Gasteiger partial charge in [0.2, 0.25) is 10.0 Å². The Kier molecular flexibility index (Phi) is 5.29. The highest BCUT2D eigenvalue weighted by Gasteiger charge is 2.23. The molecule has 2 aromatic carbocycles. The number of sulfonamides is 1. The second kappa shape index (κ2) is 7.47. The molecule has 0 bridgehead atoms. The summed E-state index contributed by atoms with van der Waals surface area (Å²) in [6.07, 6.45) is 0.700. The van der Waals surface area contributed by atoms with Gasteiger partial charge in [-0.1, -0.05) is 23.8 Å². The van der Waals surface area contributed by atoms with Crippen LogP contribution in [0.4, 0.5) is 0 Å². The van der Waals surface area contributed by atoms with E-state index in [4.69, 9.17) is 4.74 Å². The van der Waals surface area contributed by atoms with E-state index in [0.29, 0.717) is 25.3 Å². The van der Waals surface area contributed by atoms with E-state index in [1.807, 2.05) is 37.3 Å². The molecule has 6 nitrogen and oxygen atoms in total. The van der Waals surface area contributed by atoms with Crippen LogP contribution >= 0.6 is 0 Å². The quantitative estimate of drug-likeness (QED) is 0.867. The average Bonchev–Trinajstić information content (AvgIpc) is 2.66. The van der Waals surface area contributed by atoms with Gasteiger partial charge in [0, 0.05) is 13.1 Å². The third kappa shape index (κ3) is 4.05. The molecule has 0 spiro atoms. The van der Waals surface area contributed by atoms with E-state index in [-0.39, 0.29) is 17.4 Å². The molecule has 0 aliphatic carbocycles. The maximum atomic E-state index is 12.5. The van der Waals surface area contributed by atoms with Gasteiger partial charge in [-0.25, -0.2) is 13.1 Å². The Hall–Kier alpha value is -2.38. The normalized spacial score (nSPS) is 14.0. The molecule has 1 aliphatic heterocycles. The molecule has 138 valence electrons. The number of hydrogen-bond donors (Lipinski definition) is 1. The molecule has 1 N–H and O–H groups in total. The zero-order valence-electron chi connectivity index (χ0n) is 14.9. The van der Waals surface area contributed by atoms with Crippen molar-refractivity contribution < 1.29 is 17.9 Å². The van der Waals surface area contributed by atoms with Gasteiger partial charge in [0.05, 0.1) is 4.90 Å². The van der Waals surface area contributed by atoms with Crippen molar-refractivity contribution >= 4 is 15.9 Å². The molecule has 3 rings (SSSR count). The Morgan fingerprint density at radius 3 is 2.58 bits per heavy atom. The van der Waals surface area contributed by atoms with Gasteiger partial charge in [-0.05, 0) is 55.8 Å². The first-order chi connectivity index (χ1) is 12.4. The van der Waals surface area contributed by atoms with Gasteiger partial charge in [0.1, 0.15) is 5.75 Å². The van der Waals surface area contributed by atoms with E-state index in [2.05, 4.69) is 4.72 Å². The van der Waals surface area contributed by atoms with Crippen molar-refractivity contribution in [3.63, 3.8) is 0 Å². The van der Waals surface area contributed by atoms with E-state index in [0.717, 1.165) is 16.7 Å². The van der Waals surface area contributed by atoms with Crippen LogP contribution in [0.15, 0.2) is 47.4 Å². The van der Waals surface area contributed by atoms with Gasteiger partial charge in [0.25, 0.3) is 5.91 Å². The van der Waals surface area contributed by atoms with Gasteiger partial charge in [-0.3, -0.25) is 4.79 Å². The first-order valence-electron chi connectivity index (χ1n) is 8.41. The minimum absolute atomic E-state index is 0.0348. The number of benzene rings is 2. The summed E-state index contributed by atoms with van der Waals surface area (Å²) in [6.45, 7) is 2.94. The third-order valence-electron chi connectivity index (χ3n) is 4.51. The van der Waals surface area contributed by atoms with Crippen molar-refractivity contribution in [2.45, 2.75) is 24.8 Å². The minimum atomic E-state index is -3.50. The number of nitrogens with one attached hydrogen (secondary N) is 1. The standard InChI is InChI=1S/C19H22N2O4S/c1-14-3-6-17(7-4-14)25-13-19(22)21-10-9-15-5-8-18(11-16(15)12-21)26(23,24)20-2/h3-8,11,20H,9-10,12-13H2,1-2H3. The molecule has 1 aliphatic rings. The zero-order chi connectivity index (χ0) is 18.7. The lowest BCUT2D eigenvalue weighted by Crippen LogP contribution is -2.39. The Labute approximate surface area is 153 Å². The Morgan fingerprint density at radius 1 is 1.15 bits per heavy atom. The highest BCUT2D eigenvalue weighted by Crippen LogP contribution is 2.23. The molecule has 0 saturated carbocycles. The molecule has 0 atom stereocenters. The second-order valence-corrected chi connectivity index (χ2v) is 8.19. The number of amides is 1. The Balaban J connectivity index is 1.67. The molecule has 1 amide bonds. The molecule has 0 fully saturated rings. The van der Waals surface area contributed by atoms with Crippen molar-refractivity contribution in [1.29, 1.82) is 0 Å². The fourth-order valence-electron chi connectivity index (χ4n) is 2.90. The fourth-order valence-corrected chi connectivity index (χ4v) is 3.68. The first-order valence-corrected chi connectivity index (χ1v) is 9.90. The van der Waals surface area contributed by atoms with Crippen LogP contribution in [0, 0.1) is 6.92 Å². The number of fused-ring (bicyclic) bond motifs is 1. The molecule has 7 heteroatoms. The van der Waals surface area contributed by atoms with E-state index >= 15 is 0 Å². The molecule has 0 radical (unpaired) electrons. The predicted octanol–water partition coefficient (Wildman–Crippen LogP) is 1.87. The van der Waals surface area contributed by atoms with Crippen LogP contribution < -0.4 is 9.46 Å². The second-order valence-electron chi connectivity index (χ2n) is 6.31. The molecule has 2 aromatic rings. The maximum absolute atomic E-state index is 12.5. The lowest BCUT2D eigenvalue weighted by atomic mass is 10.00. The summed E-state index contributed by atoms with van der Waals surface area (Å²) < 4.78 is 31.8. The van der Waals surface area contributed by atoms with Gasteiger partial charge in [-0.2, -0.15) is 0 Å². The summed E-state index contributed by atoms with van der Waals surface area (Å²) in [5, 5.41) is 0. The van der Waals surface area contributed by atoms with Crippen LogP contribution in [0.2, 0.25) is 0 Å². The lowest BCUT2D eigenvalue weighted by Gasteiger charge is -2.29. The van der Waals surface area contributed by atoms with E-state index in [1.165, 1.54) is 7.05 Å². The average molecular weight is 374 g/mol. The Morgan fingerprint density at radius 2 is 1.88 bits per heavy atom. The summed E-state index contributed by atoms with van der Waals surface area (Å²) >= 11 is 0. The van der Waals surface area contributed by atoms with Crippen molar-refractivity contribution in [3.8, 4) is 5.75 Å². The first kappa shape index (κ1) is 18.4. The smallest absolute Gasteiger partial charge is 0.260 e.